The van der Waals surface area contributed by atoms with Crippen molar-refractivity contribution >= 4 is 51.2 Å². The lowest BCUT2D eigenvalue weighted by Crippen LogP contribution is -2.29. The first kappa shape index (κ1) is 28.1. The molecule has 1 aromatic heterocycles. The third-order valence-electron chi connectivity index (χ3n) is 6.36. The van der Waals surface area contributed by atoms with Crippen LogP contribution in [-0.4, -0.2) is 35.0 Å². The number of benzene rings is 3. The van der Waals surface area contributed by atoms with Crippen LogP contribution in [0.15, 0.2) is 87.6 Å². The summed E-state index contributed by atoms with van der Waals surface area (Å²) < 4.78 is 19.6. The molecule has 0 bridgehead atoms. The second kappa shape index (κ2) is 12.4. The first-order valence-electron chi connectivity index (χ1n) is 12.3. The van der Waals surface area contributed by atoms with Crippen LogP contribution in [0.25, 0.3) is 0 Å². The first-order chi connectivity index (χ1) is 19.4. The molecule has 4 aromatic rings. The average molecular weight is 642 g/mol. The molecular weight excluding hydrogens is 616 g/mol. The number of thioether (sulfide) groups is 1. The highest BCUT2D eigenvalue weighted by Crippen LogP contribution is 2.40. The molecule has 206 valence electrons. The number of esters is 1. The third kappa shape index (κ3) is 5.99. The minimum atomic E-state index is -0.597. The molecule has 8 nitrogen and oxygen atoms in total. The molecule has 1 aliphatic heterocycles. The average Bonchev–Trinajstić information content (AvgIpc) is 3.37. The smallest absolute Gasteiger partial charge is 0.338 e. The second-order valence-electron chi connectivity index (χ2n) is 8.93. The molecule has 2 heterocycles. The monoisotopic (exact) mass is 640 g/mol. The lowest BCUT2D eigenvalue weighted by Gasteiger charge is -2.28. The first-order valence-corrected chi connectivity index (χ1v) is 14.5. The van der Waals surface area contributed by atoms with Gasteiger partial charge >= 0.3 is 5.97 Å². The number of fused-ring (bicyclic) bond motifs is 1. The van der Waals surface area contributed by atoms with Crippen molar-refractivity contribution in [2.75, 3.05) is 19.5 Å². The number of aromatic nitrogens is 3. The van der Waals surface area contributed by atoms with Crippen molar-refractivity contribution in [3.63, 3.8) is 0 Å². The van der Waals surface area contributed by atoms with Crippen LogP contribution in [0.4, 0.5) is 5.95 Å². The number of nitrogens with one attached hydrogen (secondary N) is 1. The van der Waals surface area contributed by atoms with Gasteiger partial charge in [-0.25, -0.2) is 9.48 Å². The Kier molecular flexibility index (Phi) is 8.68. The number of anilines is 1. The topological polar surface area (TPSA) is 87.5 Å². The summed E-state index contributed by atoms with van der Waals surface area (Å²) in [6, 6.07) is 20.6. The van der Waals surface area contributed by atoms with Gasteiger partial charge in [-0.15, -0.1) is 5.10 Å². The van der Waals surface area contributed by atoms with Crippen molar-refractivity contribution in [2.24, 2.45) is 0 Å². The van der Waals surface area contributed by atoms with Crippen molar-refractivity contribution in [3.8, 4) is 11.5 Å². The van der Waals surface area contributed by atoms with Gasteiger partial charge in [0.05, 0.1) is 19.8 Å². The summed E-state index contributed by atoms with van der Waals surface area (Å²) in [6.07, 6.45) is 0. The summed E-state index contributed by atoms with van der Waals surface area (Å²) in [7, 11) is 2.95. The van der Waals surface area contributed by atoms with Crippen LogP contribution < -0.4 is 14.8 Å². The van der Waals surface area contributed by atoms with E-state index in [4.69, 9.17) is 30.9 Å². The molecule has 0 aliphatic carbocycles. The molecule has 0 radical (unpaired) electrons. The number of carbonyl (C=O) groups is 1. The van der Waals surface area contributed by atoms with E-state index in [9.17, 15) is 4.79 Å². The van der Waals surface area contributed by atoms with E-state index in [0.717, 1.165) is 21.2 Å². The van der Waals surface area contributed by atoms with Crippen molar-refractivity contribution in [1.29, 1.82) is 0 Å². The van der Waals surface area contributed by atoms with Crippen LogP contribution >= 0.6 is 39.3 Å². The van der Waals surface area contributed by atoms with Gasteiger partial charge in [0.25, 0.3) is 0 Å². The predicted octanol–water partition coefficient (Wildman–Crippen LogP) is 7.04. The summed E-state index contributed by atoms with van der Waals surface area (Å²) in [4.78, 5) is 17.7. The highest BCUT2D eigenvalue weighted by molar-refractivity contribution is 9.10. The lowest BCUT2D eigenvalue weighted by molar-refractivity contribution is -0.136. The van der Waals surface area contributed by atoms with Gasteiger partial charge in [0, 0.05) is 20.9 Å². The number of carbonyl (C=O) groups excluding carboxylic acids is 1. The molecule has 3 aromatic carbocycles. The van der Waals surface area contributed by atoms with E-state index in [1.165, 1.54) is 18.9 Å². The maximum absolute atomic E-state index is 13.0. The van der Waals surface area contributed by atoms with E-state index in [2.05, 4.69) is 26.2 Å². The third-order valence-corrected chi connectivity index (χ3v) is 8.15. The summed E-state index contributed by atoms with van der Waals surface area (Å²) in [5.74, 6) is 1.77. The molecule has 1 aliphatic rings. The normalized spacial score (nSPS) is 14.4. The Hall–Kier alpha value is -3.47. The van der Waals surface area contributed by atoms with Crippen molar-refractivity contribution in [3.05, 3.63) is 104 Å². The maximum Gasteiger partial charge on any atom is 0.338 e. The molecule has 0 saturated heterocycles. The maximum atomic E-state index is 13.0. The van der Waals surface area contributed by atoms with Gasteiger partial charge in [0.1, 0.15) is 12.6 Å². The molecule has 0 fully saturated rings. The molecule has 0 spiro atoms. The zero-order valence-corrected chi connectivity index (χ0v) is 25.1. The predicted molar refractivity (Wildman–Crippen MR) is 159 cm³/mol. The highest BCUT2D eigenvalue weighted by atomic mass is 79.9. The van der Waals surface area contributed by atoms with Gasteiger partial charge in [-0.2, -0.15) is 4.98 Å². The van der Waals surface area contributed by atoms with Crippen molar-refractivity contribution in [2.45, 2.75) is 30.5 Å². The van der Waals surface area contributed by atoms with Crippen LogP contribution in [0.1, 0.15) is 29.7 Å². The van der Waals surface area contributed by atoms with E-state index in [0.29, 0.717) is 51.3 Å². The van der Waals surface area contributed by atoms with E-state index in [1.54, 1.807) is 11.8 Å². The van der Waals surface area contributed by atoms with Gasteiger partial charge in [-0.1, -0.05) is 75.7 Å². The number of halogens is 2. The quantitative estimate of drug-likeness (QED) is 0.154. The fraction of sp³-hybridized carbons (Fsp3) is 0.207. The number of ether oxygens (including phenoxy) is 3. The number of methoxy groups -OCH3 is 2. The lowest BCUT2D eigenvalue weighted by atomic mass is 9.95. The Labute approximate surface area is 249 Å². The summed E-state index contributed by atoms with van der Waals surface area (Å²) in [5.41, 5.74) is 3.83. The minimum Gasteiger partial charge on any atom is -0.493 e. The molecule has 11 heteroatoms. The number of nitrogens with zero attached hydrogens (tertiary/aromatic N) is 3. The van der Waals surface area contributed by atoms with Gasteiger partial charge in [-0.3, -0.25) is 0 Å². The highest BCUT2D eigenvalue weighted by Gasteiger charge is 2.35. The Morgan fingerprint density at radius 3 is 2.60 bits per heavy atom. The van der Waals surface area contributed by atoms with E-state index < -0.39 is 12.0 Å². The van der Waals surface area contributed by atoms with Gasteiger partial charge in [0.2, 0.25) is 11.1 Å². The summed E-state index contributed by atoms with van der Waals surface area (Å²) in [5, 5.41) is 9.21. The zero-order chi connectivity index (χ0) is 28.2. The Morgan fingerprint density at radius 2 is 1.88 bits per heavy atom. The van der Waals surface area contributed by atoms with Crippen LogP contribution in [0, 0.1) is 0 Å². The van der Waals surface area contributed by atoms with E-state index >= 15 is 0 Å². The van der Waals surface area contributed by atoms with Crippen molar-refractivity contribution in [1.82, 2.24) is 14.8 Å². The minimum absolute atomic E-state index is 0.377. The molecule has 40 heavy (non-hydrogen) atoms. The Balaban J connectivity index is 1.46. The van der Waals surface area contributed by atoms with Crippen LogP contribution in [-0.2, 0) is 21.9 Å². The molecular formula is C29H26BrClN4O4S. The zero-order valence-electron chi connectivity index (χ0n) is 22.0. The largest absolute Gasteiger partial charge is 0.493 e. The number of rotatable bonds is 9. The molecule has 0 amide bonds. The molecule has 1 N–H and O–H groups in total. The number of hydrogen-bond acceptors (Lipinski definition) is 8. The second-order valence-corrected chi connectivity index (χ2v) is 11.2. The summed E-state index contributed by atoms with van der Waals surface area (Å²) >= 11 is 11.2. The molecule has 1 unspecified atom stereocenters. The van der Waals surface area contributed by atoms with Crippen LogP contribution in [0.2, 0.25) is 5.02 Å². The molecule has 1 atom stereocenters. The Bertz CT molecular complexity index is 1570. The van der Waals surface area contributed by atoms with Crippen LogP contribution in [0.3, 0.4) is 0 Å². The molecule has 5 rings (SSSR count). The fourth-order valence-electron chi connectivity index (χ4n) is 4.35. The summed E-state index contributed by atoms with van der Waals surface area (Å²) in [6.45, 7) is 2.20. The number of hydrogen-bond donors (Lipinski definition) is 1. The van der Waals surface area contributed by atoms with E-state index in [-0.39, 0.29) is 0 Å². The Morgan fingerprint density at radius 1 is 1.10 bits per heavy atom. The van der Waals surface area contributed by atoms with Gasteiger partial charge < -0.3 is 19.5 Å². The fourth-order valence-corrected chi connectivity index (χ4v) is 5.73. The van der Waals surface area contributed by atoms with Crippen molar-refractivity contribution < 1.29 is 19.0 Å². The van der Waals surface area contributed by atoms with Gasteiger partial charge in [-0.05, 0) is 53.9 Å². The van der Waals surface area contributed by atoms with E-state index in [1.807, 2.05) is 73.7 Å². The molecule has 0 saturated carbocycles. The SMILES string of the molecule is COC(=O)C1=C(C)Nc2nc(SCc3ccccc3Cl)nn2C1c1ccc(OCc2ccc(Br)cc2)c(OC)c1. The standard InChI is InChI=1S/C29H26BrClN4O4S/c1-17-25(27(36)38-3)26(35-28(32-17)33-29(34-35)40-16-20-6-4-5-7-22(20)31)19-10-13-23(24(14-19)37-2)39-15-18-8-11-21(30)12-9-18/h4-14,26H,15-16H2,1-3H3,(H,32,33,34). The number of allylic oxidation sites excluding steroid dienone is 1. The van der Waals surface area contributed by atoms with Crippen LogP contribution in [0.5, 0.6) is 11.5 Å². The van der Waals surface area contributed by atoms with Gasteiger partial charge in [0.15, 0.2) is 11.5 Å².